The van der Waals surface area contributed by atoms with Crippen LogP contribution in [0.15, 0.2) is 24.7 Å². The number of fused-ring (bicyclic) bond motifs is 2. The van der Waals surface area contributed by atoms with E-state index in [4.69, 9.17) is 0 Å². The number of aryl methyl sites for hydroxylation is 2. The Kier molecular flexibility index (Phi) is 2.70. The van der Waals surface area contributed by atoms with Crippen molar-refractivity contribution in [1.82, 2.24) is 24.7 Å². The maximum atomic E-state index is 4.58. The second-order valence-corrected chi connectivity index (χ2v) is 5.70. The molecule has 0 fully saturated rings. The van der Waals surface area contributed by atoms with Gasteiger partial charge < -0.3 is 9.88 Å². The maximum Gasteiger partial charge on any atom is 0.142 e. The van der Waals surface area contributed by atoms with E-state index < -0.39 is 0 Å². The highest BCUT2D eigenvalue weighted by atomic mass is 15.3. The third kappa shape index (κ3) is 1.98. The lowest BCUT2D eigenvalue weighted by Gasteiger charge is -2.32. The van der Waals surface area contributed by atoms with Gasteiger partial charge in [-0.1, -0.05) is 0 Å². The Hall–Kier alpha value is -2.37. The Morgan fingerprint density at radius 3 is 3.19 bits per heavy atom. The highest BCUT2D eigenvalue weighted by Crippen LogP contribution is 2.26. The van der Waals surface area contributed by atoms with E-state index in [-0.39, 0.29) is 0 Å². The van der Waals surface area contributed by atoms with Crippen molar-refractivity contribution in [2.24, 2.45) is 0 Å². The summed E-state index contributed by atoms with van der Waals surface area (Å²) in [5.74, 6) is 0.985. The van der Waals surface area contributed by atoms with Gasteiger partial charge in [0.2, 0.25) is 0 Å². The average Bonchev–Trinajstić information content (AvgIpc) is 3.09. The Morgan fingerprint density at radius 2 is 2.29 bits per heavy atom. The van der Waals surface area contributed by atoms with Gasteiger partial charge >= 0.3 is 0 Å². The fourth-order valence-corrected chi connectivity index (χ4v) is 3.19. The zero-order chi connectivity index (χ0) is 14.4. The molecule has 0 bridgehead atoms. The lowest BCUT2D eigenvalue weighted by molar-refractivity contribution is 0.412. The Labute approximate surface area is 122 Å². The van der Waals surface area contributed by atoms with E-state index in [9.17, 15) is 0 Å². The highest BCUT2D eigenvalue weighted by Gasteiger charge is 2.25. The molecule has 1 atom stereocenters. The van der Waals surface area contributed by atoms with Crippen LogP contribution in [-0.4, -0.2) is 37.8 Å². The molecular weight excluding hydrogens is 264 g/mol. The number of hydrogen-bond acceptors (Lipinski definition) is 4. The van der Waals surface area contributed by atoms with Crippen LogP contribution in [0.5, 0.6) is 0 Å². The molecule has 0 amide bonds. The molecule has 0 saturated carbocycles. The third-order valence-electron chi connectivity index (χ3n) is 4.32. The molecule has 6 heteroatoms. The van der Waals surface area contributed by atoms with Crippen molar-refractivity contribution in [2.75, 3.05) is 11.9 Å². The van der Waals surface area contributed by atoms with Gasteiger partial charge in [0, 0.05) is 18.9 Å². The van der Waals surface area contributed by atoms with Crippen LogP contribution >= 0.6 is 0 Å². The van der Waals surface area contributed by atoms with Gasteiger partial charge in [-0.3, -0.25) is 4.68 Å². The van der Waals surface area contributed by atoms with Crippen molar-refractivity contribution in [3.8, 4) is 0 Å². The quantitative estimate of drug-likeness (QED) is 0.780. The van der Waals surface area contributed by atoms with Gasteiger partial charge in [0.25, 0.3) is 0 Å². The van der Waals surface area contributed by atoms with E-state index in [1.54, 1.807) is 6.33 Å². The van der Waals surface area contributed by atoms with Crippen LogP contribution in [0.2, 0.25) is 0 Å². The van der Waals surface area contributed by atoms with Gasteiger partial charge in [-0.2, -0.15) is 5.10 Å². The van der Waals surface area contributed by atoms with E-state index >= 15 is 0 Å². The minimum atomic E-state index is 0.407. The molecule has 21 heavy (non-hydrogen) atoms. The summed E-state index contributed by atoms with van der Waals surface area (Å²) in [6.45, 7) is 2.97. The molecule has 108 valence electrons. The first-order valence-electron chi connectivity index (χ1n) is 7.26. The van der Waals surface area contributed by atoms with E-state index in [1.165, 1.54) is 5.69 Å². The molecule has 6 nitrogen and oxygen atoms in total. The summed E-state index contributed by atoms with van der Waals surface area (Å²) in [6.07, 6.45) is 5.72. The predicted octanol–water partition coefficient (Wildman–Crippen LogP) is 1.91. The molecule has 1 aliphatic rings. The fraction of sp³-hybridized carbons (Fsp3) is 0.400. The van der Waals surface area contributed by atoms with Crippen molar-refractivity contribution < 1.29 is 0 Å². The molecule has 4 heterocycles. The summed E-state index contributed by atoms with van der Waals surface area (Å²) < 4.78 is 2.13. The molecule has 1 N–H and O–H groups in total. The number of nitrogens with one attached hydrogen (secondary N) is 1. The average molecular weight is 282 g/mol. The number of likely N-dealkylation sites (N-methyl/N-ethyl adjacent to an activating group) is 1. The number of hydrogen-bond donors (Lipinski definition) is 1. The molecule has 4 rings (SSSR count). The van der Waals surface area contributed by atoms with Gasteiger partial charge in [0.05, 0.1) is 23.7 Å². The Morgan fingerprint density at radius 1 is 1.38 bits per heavy atom. The van der Waals surface area contributed by atoms with Gasteiger partial charge in [-0.05, 0) is 31.9 Å². The van der Waals surface area contributed by atoms with Crippen LogP contribution in [0.3, 0.4) is 0 Å². The first-order valence-corrected chi connectivity index (χ1v) is 7.26. The van der Waals surface area contributed by atoms with Crippen molar-refractivity contribution in [3.63, 3.8) is 0 Å². The van der Waals surface area contributed by atoms with Gasteiger partial charge in [-0.15, -0.1) is 0 Å². The van der Waals surface area contributed by atoms with E-state index in [2.05, 4.69) is 49.7 Å². The molecule has 0 aliphatic carbocycles. The van der Waals surface area contributed by atoms with Gasteiger partial charge in [-0.25, -0.2) is 9.97 Å². The fourth-order valence-electron chi connectivity index (χ4n) is 3.19. The van der Waals surface area contributed by atoms with Crippen molar-refractivity contribution in [3.05, 3.63) is 36.0 Å². The van der Waals surface area contributed by atoms with Crippen LogP contribution in [0, 0.1) is 6.92 Å². The standard InChI is InChI=1S/C15H18N6/c1-10-7-11-3-4-12(8-21(11)19-10)20(2)15-13-5-6-16-14(13)17-9-18-15/h5-7,9,12H,3-4,8H2,1-2H3,(H,16,17,18)/t12-/m1/s1. The van der Waals surface area contributed by atoms with Crippen molar-refractivity contribution >= 4 is 16.9 Å². The van der Waals surface area contributed by atoms with Crippen LogP contribution in [-0.2, 0) is 13.0 Å². The molecular formula is C15H18N6. The summed E-state index contributed by atoms with van der Waals surface area (Å²) in [6, 6.07) is 4.63. The van der Waals surface area contributed by atoms with Crippen molar-refractivity contribution in [2.45, 2.75) is 32.4 Å². The maximum absolute atomic E-state index is 4.58. The van der Waals surface area contributed by atoms with E-state index in [0.29, 0.717) is 6.04 Å². The van der Waals surface area contributed by atoms with Gasteiger partial charge in [0.1, 0.15) is 17.8 Å². The molecule has 0 aromatic carbocycles. The van der Waals surface area contributed by atoms with Crippen LogP contribution in [0.1, 0.15) is 17.8 Å². The summed E-state index contributed by atoms with van der Waals surface area (Å²) >= 11 is 0. The molecule has 0 spiro atoms. The molecule has 3 aromatic rings. The number of nitrogens with zero attached hydrogens (tertiary/aromatic N) is 5. The van der Waals surface area contributed by atoms with E-state index in [0.717, 1.165) is 41.9 Å². The lowest BCUT2D eigenvalue weighted by atomic mass is 10.0. The second-order valence-electron chi connectivity index (χ2n) is 5.70. The van der Waals surface area contributed by atoms with Gasteiger partial charge in [0.15, 0.2) is 0 Å². The first kappa shape index (κ1) is 12.4. The third-order valence-corrected chi connectivity index (χ3v) is 4.32. The largest absolute Gasteiger partial charge is 0.354 e. The second kappa shape index (κ2) is 4.58. The summed E-state index contributed by atoms with van der Waals surface area (Å²) in [5, 5.41) is 5.65. The summed E-state index contributed by atoms with van der Waals surface area (Å²) in [5.41, 5.74) is 3.33. The smallest absolute Gasteiger partial charge is 0.142 e. The topological polar surface area (TPSA) is 62.6 Å². The normalized spacial score (nSPS) is 17.9. The molecule has 0 saturated heterocycles. The van der Waals surface area contributed by atoms with E-state index in [1.807, 2.05) is 12.3 Å². The predicted molar refractivity (Wildman–Crippen MR) is 81.4 cm³/mol. The summed E-state index contributed by atoms with van der Waals surface area (Å²) in [4.78, 5) is 14.1. The number of rotatable bonds is 2. The summed E-state index contributed by atoms with van der Waals surface area (Å²) in [7, 11) is 2.11. The molecule has 0 radical (unpaired) electrons. The Bertz CT molecular complexity index is 786. The zero-order valence-corrected chi connectivity index (χ0v) is 12.2. The molecule has 1 aliphatic heterocycles. The van der Waals surface area contributed by atoms with Crippen LogP contribution in [0.25, 0.3) is 11.0 Å². The monoisotopic (exact) mass is 282 g/mol. The highest BCUT2D eigenvalue weighted by molar-refractivity contribution is 5.87. The number of H-pyrrole nitrogens is 1. The zero-order valence-electron chi connectivity index (χ0n) is 12.2. The number of aromatic amines is 1. The first-order chi connectivity index (χ1) is 10.2. The SMILES string of the molecule is Cc1cc2n(n1)C[C@H](N(C)c1ncnc3[nH]ccc13)CC2. The van der Waals surface area contributed by atoms with Crippen molar-refractivity contribution in [1.29, 1.82) is 0 Å². The minimum absolute atomic E-state index is 0.407. The number of anilines is 1. The Balaban J connectivity index is 1.66. The minimum Gasteiger partial charge on any atom is -0.354 e. The molecule has 0 unspecified atom stereocenters. The van der Waals surface area contributed by atoms with Crippen LogP contribution in [0.4, 0.5) is 5.82 Å². The number of aromatic nitrogens is 5. The lowest BCUT2D eigenvalue weighted by Crippen LogP contribution is -2.39. The van der Waals surface area contributed by atoms with Crippen LogP contribution < -0.4 is 4.90 Å². The molecule has 3 aromatic heterocycles.